The molecule has 1 amide bonds. The Bertz CT molecular complexity index is 768. The Kier molecular flexibility index (Phi) is 7.36. The molecule has 3 rings (SSSR count). The van der Waals surface area contributed by atoms with E-state index in [-0.39, 0.29) is 12.0 Å². The van der Waals surface area contributed by atoms with Gasteiger partial charge in [-0.25, -0.2) is 0 Å². The summed E-state index contributed by atoms with van der Waals surface area (Å²) in [5, 5.41) is 2.91. The molecule has 1 atom stereocenters. The summed E-state index contributed by atoms with van der Waals surface area (Å²) in [5.74, 6) is 2.10. The molecule has 6 nitrogen and oxygen atoms in total. The quantitative estimate of drug-likeness (QED) is 0.740. The zero-order valence-electron chi connectivity index (χ0n) is 17.4. The van der Waals surface area contributed by atoms with Crippen LogP contribution in [-0.2, 0) is 11.3 Å². The lowest BCUT2D eigenvalue weighted by Crippen LogP contribution is -2.36. The van der Waals surface area contributed by atoms with Crippen molar-refractivity contribution >= 4 is 5.91 Å². The van der Waals surface area contributed by atoms with Gasteiger partial charge in [-0.1, -0.05) is 12.1 Å². The highest BCUT2D eigenvalue weighted by atomic mass is 16.5. The summed E-state index contributed by atoms with van der Waals surface area (Å²) in [6.07, 6.45) is 1.81. The molecule has 0 saturated carbocycles. The Labute approximate surface area is 172 Å². The minimum atomic E-state index is -0.588. The second kappa shape index (κ2) is 10.2. The molecule has 1 aliphatic heterocycles. The lowest BCUT2D eigenvalue weighted by molar-refractivity contribution is -0.127. The van der Waals surface area contributed by atoms with E-state index in [2.05, 4.69) is 17.3 Å². The maximum atomic E-state index is 12.3. The Morgan fingerprint density at radius 1 is 1.03 bits per heavy atom. The molecule has 1 saturated heterocycles. The van der Waals surface area contributed by atoms with Gasteiger partial charge in [0.25, 0.3) is 5.91 Å². The molecule has 0 aromatic heterocycles. The van der Waals surface area contributed by atoms with Crippen molar-refractivity contribution in [3.05, 3.63) is 54.1 Å². The molecule has 0 bridgehead atoms. The van der Waals surface area contributed by atoms with Crippen LogP contribution < -0.4 is 19.5 Å². The molecule has 2 aromatic rings. The fourth-order valence-electron chi connectivity index (χ4n) is 3.23. The van der Waals surface area contributed by atoms with Gasteiger partial charge in [-0.15, -0.1) is 0 Å². The van der Waals surface area contributed by atoms with Gasteiger partial charge >= 0.3 is 0 Å². The largest absolute Gasteiger partial charge is 0.497 e. The summed E-state index contributed by atoms with van der Waals surface area (Å²) in [5.41, 5.74) is 1.02. The Balaban J connectivity index is 1.43. The molecule has 1 aliphatic rings. The van der Waals surface area contributed by atoms with Gasteiger partial charge in [-0.2, -0.15) is 0 Å². The van der Waals surface area contributed by atoms with Crippen molar-refractivity contribution in [2.24, 2.45) is 0 Å². The van der Waals surface area contributed by atoms with Crippen LogP contribution in [0.3, 0.4) is 0 Å². The number of nitrogens with one attached hydrogen (secondary N) is 1. The van der Waals surface area contributed by atoms with E-state index >= 15 is 0 Å². The number of ether oxygens (including phenoxy) is 3. The Morgan fingerprint density at radius 3 is 2.24 bits per heavy atom. The van der Waals surface area contributed by atoms with Crippen molar-refractivity contribution in [1.29, 1.82) is 0 Å². The number of amides is 1. The molecule has 156 valence electrons. The molecule has 0 radical (unpaired) electrons. The maximum absolute atomic E-state index is 12.3. The smallest absolute Gasteiger partial charge is 0.261 e. The van der Waals surface area contributed by atoms with E-state index in [0.717, 1.165) is 43.0 Å². The zero-order chi connectivity index (χ0) is 20.6. The van der Waals surface area contributed by atoms with Crippen LogP contribution in [0.4, 0.5) is 0 Å². The van der Waals surface area contributed by atoms with E-state index in [1.54, 1.807) is 38.3 Å². The number of rotatable bonds is 8. The normalized spacial score (nSPS) is 16.1. The standard InChI is InChI=1S/C23H30N2O4/c1-17(28-20-10-8-19(27-3)9-11-20)23(26)24-16-18-4-6-21(7-5-18)29-22-12-14-25(2)15-13-22/h4-11,17,22H,12-16H2,1-3H3,(H,24,26)/t17-/m1/s1. The van der Waals surface area contributed by atoms with Crippen LogP contribution in [0.2, 0.25) is 0 Å². The summed E-state index contributed by atoms with van der Waals surface area (Å²) in [4.78, 5) is 14.6. The average Bonchev–Trinajstić information content (AvgIpc) is 2.75. The first kappa shape index (κ1) is 21.0. The molecule has 29 heavy (non-hydrogen) atoms. The summed E-state index contributed by atoms with van der Waals surface area (Å²) < 4.78 is 16.9. The molecule has 0 unspecified atom stereocenters. The first-order valence-corrected chi connectivity index (χ1v) is 10.1. The highest BCUT2D eigenvalue weighted by Crippen LogP contribution is 2.20. The summed E-state index contributed by atoms with van der Waals surface area (Å²) in [6, 6.07) is 15.1. The van der Waals surface area contributed by atoms with Crippen LogP contribution in [0.25, 0.3) is 0 Å². The number of carbonyl (C=O) groups is 1. The average molecular weight is 399 g/mol. The minimum absolute atomic E-state index is 0.160. The van der Waals surface area contributed by atoms with Gasteiger partial charge in [0.05, 0.1) is 7.11 Å². The van der Waals surface area contributed by atoms with Gasteiger partial charge in [0.2, 0.25) is 0 Å². The fourth-order valence-corrected chi connectivity index (χ4v) is 3.23. The number of methoxy groups -OCH3 is 1. The number of benzene rings is 2. The lowest BCUT2D eigenvalue weighted by Gasteiger charge is -2.29. The number of likely N-dealkylation sites (tertiary alicyclic amines) is 1. The van der Waals surface area contributed by atoms with E-state index in [1.165, 1.54) is 0 Å². The zero-order valence-corrected chi connectivity index (χ0v) is 17.4. The van der Waals surface area contributed by atoms with Crippen molar-refractivity contribution in [3.63, 3.8) is 0 Å². The summed E-state index contributed by atoms with van der Waals surface area (Å²) >= 11 is 0. The van der Waals surface area contributed by atoms with E-state index in [1.807, 2.05) is 24.3 Å². The molecule has 2 aromatic carbocycles. The molecule has 6 heteroatoms. The minimum Gasteiger partial charge on any atom is -0.497 e. The van der Waals surface area contributed by atoms with Crippen molar-refractivity contribution in [2.45, 2.75) is 38.5 Å². The predicted molar refractivity (Wildman–Crippen MR) is 113 cm³/mol. The molecular weight excluding hydrogens is 368 g/mol. The van der Waals surface area contributed by atoms with Gasteiger partial charge in [0.15, 0.2) is 6.10 Å². The number of piperidine rings is 1. The van der Waals surface area contributed by atoms with Gasteiger partial charge in [0.1, 0.15) is 23.4 Å². The first-order valence-electron chi connectivity index (χ1n) is 10.1. The van der Waals surface area contributed by atoms with E-state index in [9.17, 15) is 4.79 Å². The van der Waals surface area contributed by atoms with Crippen molar-refractivity contribution in [3.8, 4) is 17.2 Å². The van der Waals surface area contributed by atoms with Crippen molar-refractivity contribution in [2.75, 3.05) is 27.2 Å². The third-order valence-corrected chi connectivity index (χ3v) is 5.10. The van der Waals surface area contributed by atoms with Crippen LogP contribution >= 0.6 is 0 Å². The van der Waals surface area contributed by atoms with Crippen LogP contribution in [-0.4, -0.2) is 50.3 Å². The van der Waals surface area contributed by atoms with Gasteiger partial charge < -0.3 is 24.4 Å². The SMILES string of the molecule is COc1ccc(O[C@H](C)C(=O)NCc2ccc(OC3CCN(C)CC3)cc2)cc1. The van der Waals surface area contributed by atoms with Crippen molar-refractivity contribution in [1.82, 2.24) is 10.2 Å². The van der Waals surface area contributed by atoms with E-state index in [4.69, 9.17) is 14.2 Å². The van der Waals surface area contributed by atoms with Crippen LogP contribution in [0.5, 0.6) is 17.2 Å². The van der Waals surface area contributed by atoms with E-state index in [0.29, 0.717) is 12.3 Å². The molecule has 0 aliphatic carbocycles. The second-order valence-electron chi connectivity index (χ2n) is 7.42. The Hall–Kier alpha value is -2.73. The van der Waals surface area contributed by atoms with Gasteiger partial charge in [-0.05, 0) is 68.8 Å². The lowest BCUT2D eigenvalue weighted by atomic mass is 10.1. The molecule has 1 fully saturated rings. The molecular formula is C23H30N2O4. The van der Waals surface area contributed by atoms with Crippen LogP contribution in [0, 0.1) is 0 Å². The monoisotopic (exact) mass is 398 g/mol. The Morgan fingerprint density at radius 2 is 1.62 bits per heavy atom. The van der Waals surface area contributed by atoms with E-state index < -0.39 is 6.10 Å². The molecule has 1 heterocycles. The van der Waals surface area contributed by atoms with Gasteiger partial charge in [-0.3, -0.25) is 4.79 Å². The molecule has 0 spiro atoms. The topological polar surface area (TPSA) is 60.0 Å². The van der Waals surface area contributed by atoms with Crippen LogP contribution in [0.15, 0.2) is 48.5 Å². The number of nitrogens with zero attached hydrogens (tertiary/aromatic N) is 1. The molecule has 1 N–H and O–H groups in total. The number of hydrogen-bond acceptors (Lipinski definition) is 5. The highest BCUT2D eigenvalue weighted by molar-refractivity contribution is 5.80. The van der Waals surface area contributed by atoms with Gasteiger partial charge in [0, 0.05) is 19.6 Å². The predicted octanol–water partition coefficient (Wildman–Crippen LogP) is 3.25. The highest BCUT2D eigenvalue weighted by Gasteiger charge is 2.18. The number of hydrogen-bond donors (Lipinski definition) is 1. The third-order valence-electron chi connectivity index (χ3n) is 5.10. The number of carbonyl (C=O) groups excluding carboxylic acids is 1. The second-order valence-corrected chi connectivity index (χ2v) is 7.42. The fraction of sp³-hybridized carbons (Fsp3) is 0.435. The summed E-state index contributed by atoms with van der Waals surface area (Å²) in [6.45, 7) is 4.33. The summed E-state index contributed by atoms with van der Waals surface area (Å²) in [7, 11) is 3.75. The first-order chi connectivity index (χ1) is 14.0. The maximum Gasteiger partial charge on any atom is 0.261 e. The van der Waals surface area contributed by atoms with Crippen LogP contribution in [0.1, 0.15) is 25.3 Å². The van der Waals surface area contributed by atoms with Crippen molar-refractivity contribution < 1.29 is 19.0 Å². The third kappa shape index (κ3) is 6.39.